The van der Waals surface area contributed by atoms with Crippen LogP contribution >= 0.6 is 0 Å². The van der Waals surface area contributed by atoms with Crippen LogP contribution in [0.4, 0.5) is 29.3 Å². The SMILES string of the molecule is COC(=O)N/N=C/c1cc(N=Nc2cccc(C(F)(F)F)c2)ccc1O. The molecule has 2 aromatic rings. The number of nitrogens with zero attached hydrogens (tertiary/aromatic N) is 3. The number of phenolic OH excluding ortho intramolecular Hbond substituents is 1. The van der Waals surface area contributed by atoms with Gasteiger partial charge in [-0.25, -0.2) is 10.2 Å². The average Bonchev–Trinajstić information content (AvgIpc) is 2.61. The first-order chi connectivity index (χ1) is 12.3. The summed E-state index contributed by atoms with van der Waals surface area (Å²) in [5.41, 5.74) is 1.71. The predicted molar refractivity (Wildman–Crippen MR) is 86.9 cm³/mol. The maximum atomic E-state index is 12.7. The molecular formula is C16H13F3N4O3. The second-order valence-corrected chi connectivity index (χ2v) is 4.85. The molecule has 7 nitrogen and oxygen atoms in total. The van der Waals surface area contributed by atoms with Gasteiger partial charge in [-0.05, 0) is 36.4 Å². The predicted octanol–water partition coefficient (Wildman–Crippen LogP) is 4.52. The van der Waals surface area contributed by atoms with Gasteiger partial charge in [-0.1, -0.05) is 6.07 Å². The molecule has 2 N–H and O–H groups in total. The Balaban J connectivity index is 2.18. The summed E-state index contributed by atoms with van der Waals surface area (Å²) in [7, 11) is 1.16. The molecule has 0 fully saturated rings. The number of amides is 1. The lowest BCUT2D eigenvalue weighted by atomic mass is 10.2. The van der Waals surface area contributed by atoms with Crippen LogP contribution in [-0.2, 0) is 10.9 Å². The lowest BCUT2D eigenvalue weighted by molar-refractivity contribution is -0.137. The van der Waals surface area contributed by atoms with Crippen LogP contribution in [0.5, 0.6) is 5.75 Å². The fraction of sp³-hybridized carbons (Fsp3) is 0.125. The molecule has 0 aliphatic heterocycles. The molecule has 0 radical (unpaired) electrons. The molecule has 10 heteroatoms. The number of carbonyl (C=O) groups excluding carboxylic acids is 1. The third-order valence-electron chi connectivity index (χ3n) is 3.01. The number of rotatable bonds is 4. The highest BCUT2D eigenvalue weighted by atomic mass is 19.4. The van der Waals surface area contributed by atoms with Gasteiger partial charge < -0.3 is 9.84 Å². The summed E-state index contributed by atoms with van der Waals surface area (Å²) in [5, 5.41) is 20.9. The Bertz CT molecular complexity index is 851. The monoisotopic (exact) mass is 366 g/mol. The summed E-state index contributed by atoms with van der Waals surface area (Å²) in [6.07, 6.45) is -4.11. The third-order valence-corrected chi connectivity index (χ3v) is 3.01. The van der Waals surface area contributed by atoms with Crippen molar-refractivity contribution in [2.24, 2.45) is 15.3 Å². The Hall–Kier alpha value is -3.43. The van der Waals surface area contributed by atoms with E-state index >= 15 is 0 Å². The molecule has 2 aromatic carbocycles. The summed E-state index contributed by atoms with van der Waals surface area (Å²) in [5.74, 6) is -0.140. The van der Waals surface area contributed by atoms with Gasteiger partial charge in [0.2, 0.25) is 0 Å². The van der Waals surface area contributed by atoms with E-state index in [0.717, 1.165) is 25.5 Å². The maximum Gasteiger partial charge on any atom is 0.427 e. The van der Waals surface area contributed by atoms with Crippen molar-refractivity contribution in [3.05, 3.63) is 53.6 Å². The van der Waals surface area contributed by atoms with Gasteiger partial charge in [0.25, 0.3) is 0 Å². The van der Waals surface area contributed by atoms with Gasteiger partial charge >= 0.3 is 12.3 Å². The number of methoxy groups -OCH3 is 1. The molecule has 26 heavy (non-hydrogen) atoms. The minimum Gasteiger partial charge on any atom is -0.507 e. The molecule has 0 heterocycles. The number of azo groups is 1. The first-order valence-corrected chi connectivity index (χ1v) is 7.08. The molecule has 0 bridgehead atoms. The number of carbonyl (C=O) groups is 1. The van der Waals surface area contributed by atoms with Crippen LogP contribution in [0.1, 0.15) is 11.1 Å². The van der Waals surface area contributed by atoms with Crippen LogP contribution in [0.3, 0.4) is 0 Å². The molecule has 0 atom stereocenters. The first-order valence-electron chi connectivity index (χ1n) is 7.08. The quantitative estimate of drug-likeness (QED) is 0.473. The van der Waals surface area contributed by atoms with Crippen molar-refractivity contribution in [1.82, 2.24) is 5.43 Å². The Morgan fingerprint density at radius 2 is 1.85 bits per heavy atom. The highest BCUT2D eigenvalue weighted by Crippen LogP contribution is 2.32. The number of phenols is 1. The van der Waals surface area contributed by atoms with Gasteiger partial charge in [-0.2, -0.15) is 28.5 Å². The van der Waals surface area contributed by atoms with Gasteiger partial charge in [0.15, 0.2) is 0 Å². The molecular weight excluding hydrogens is 353 g/mol. The Kier molecular flexibility index (Phi) is 5.89. The molecule has 2 rings (SSSR count). The van der Waals surface area contributed by atoms with Crippen molar-refractivity contribution in [2.75, 3.05) is 7.11 Å². The van der Waals surface area contributed by atoms with Gasteiger partial charge in [0, 0.05) is 5.56 Å². The number of hydrogen-bond donors (Lipinski definition) is 2. The normalized spacial score (nSPS) is 11.8. The number of nitrogens with one attached hydrogen (secondary N) is 1. The van der Waals surface area contributed by atoms with Crippen LogP contribution in [-0.4, -0.2) is 24.5 Å². The number of benzene rings is 2. The average molecular weight is 366 g/mol. The van der Waals surface area contributed by atoms with E-state index in [0.29, 0.717) is 0 Å². The fourth-order valence-electron chi connectivity index (χ4n) is 1.77. The van der Waals surface area contributed by atoms with Crippen molar-refractivity contribution in [2.45, 2.75) is 6.18 Å². The molecule has 0 saturated heterocycles. The van der Waals surface area contributed by atoms with E-state index < -0.39 is 17.8 Å². The molecule has 1 amide bonds. The van der Waals surface area contributed by atoms with E-state index in [2.05, 4.69) is 20.1 Å². The third kappa shape index (κ3) is 5.30. The number of alkyl halides is 3. The summed E-state index contributed by atoms with van der Waals surface area (Å²) in [6, 6.07) is 8.51. The fourth-order valence-corrected chi connectivity index (χ4v) is 1.77. The van der Waals surface area contributed by atoms with Crippen LogP contribution in [0, 0.1) is 0 Å². The molecule has 0 saturated carbocycles. The van der Waals surface area contributed by atoms with Gasteiger partial charge in [-0.15, -0.1) is 0 Å². The largest absolute Gasteiger partial charge is 0.507 e. The Morgan fingerprint density at radius 3 is 2.50 bits per heavy atom. The number of hydrazone groups is 1. The van der Waals surface area contributed by atoms with Gasteiger partial charge in [-0.3, -0.25) is 0 Å². The zero-order chi connectivity index (χ0) is 19.2. The Labute approximate surface area is 145 Å². The topological polar surface area (TPSA) is 95.6 Å². The van der Waals surface area contributed by atoms with E-state index in [9.17, 15) is 23.1 Å². The molecule has 0 spiro atoms. The van der Waals surface area contributed by atoms with Crippen LogP contribution in [0.25, 0.3) is 0 Å². The second kappa shape index (κ2) is 8.10. The van der Waals surface area contributed by atoms with E-state index in [1.807, 2.05) is 5.43 Å². The van der Waals surface area contributed by atoms with E-state index in [1.54, 1.807) is 0 Å². The Morgan fingerprint density at radius 1 is 1.15 bits per heavy atom. The molecule has 136 valence electrons. The molecule has 0 unspecified atom stereocenters. The van der Waals surface area contributed by atoms with Gasteiger partial charge in [0.1, 0.15) is 5.75 Å². The smallest absolute Gasteiger partial charge is 0.427 e. The van der Waals surface area contributed by atoms with Crippen molar-refractivity contribution in [3.8, 4) is 5.75 Å². The second-order valence-electron chi connectivity index (χ2n) is 4.85. The number of aromatic hydroxyl groups is 1. The summed E-state index contributed by atoms with van der Waals surface area (Å²) in [6.45, 7) is 0. The number of hydrogen-bond acceptors (Lipinski definition) is 6. The summed E-state index contributed by atoms with van der Waals surface area (Å²) < 4.78 is 42.4. The van der Waals surface area contributed by atoms with Gasteiger partial charge in [0.05, 0.1) is 30.3 Å². The lowest BCUT2D eigenvalue weighted by Gasteiger charge is -2.06. The van der Waals surface area contributed by atoms with E-state index in [4.69, 9.17) is 0 Å². The zero-order valence-electron chi connectivity index (χ0n) is 13.4. The lowest BCUT2D eigenvalue weighted by Crippen LogP contribution is -2.16. The number of halogens is 3. The van der Waals surface area contributed by atoms with Crippen molar-refractivity contribution < 1.29 is 27.8 Å². The van der Waals surface area contributed by atoms with Crippen LogP contribution in [0.2, 0.25) is 0 Å². The highest BCUT2D eigenvalue weighted by Gasteiger charge is 2.30. The number of ether oxygens (including phenoxy) is 1. The van der Waals surface area contributed by atoms with Crippen LogP contribution < -0.4 is 5.43 Å². The molecule has 0 aliphatic rings. The van der Waals surface area contributed by atoms with Crippen molar-refractivity contribution in [3.63, 3.8) is 0 Å². The minimum atomic E-state index is -4.47. The standard InChI is InChI=1S/C16H13F3N4O3/c1-26-15(25)23-20-9-10-7-13(5-6-14(10)24)22-21-12-4-2-3-11(8-12)16(17,18)19/h2-9,24H,1H3,(H,23,25)/b20-9+,22-21?. The first kappa shape index (κ1) is 18.9. The van der Waals surface area contributed by atoms with E-state index in [-0.39, 0.29) is 22.7 Å². The maximum absolute atomic E-state index is 12.7. The molecule has 0 aromatic heterocycles. The van der Waals surface area contributed by atoms with Crippen molar-refractivity contribution in [1.29, 1.82) is 0 Å². The highest BCUT2D eigenvalue weighted by molar-refractivity contribution is 5.85. The van der Waals surface area contributed by atoms with Crippen molar-refractivity contribution >= 4 is 23.7 Å². The van der Waals surface area contributed by atoms with E-state index in [1.165, 1.54) is 30.3 Å². The summed E-state index contributed by atoms with van der Waals surface area (Å²) in [4.78, 5) is 10.9. The minimum absolute atomic E-state index is 0.0236. The van der Waals surface area contributed by atoms with Crippen LogP contribution in [0.15, 0.2) is 57.8 Å². The summed E-state index contributed by atoms with van der Waals surface area (Å²) >= 11 is 0. The zero-order valence-corrected chi connectivity index (χ0v) is 13.4. The molecule has 0 aliphatic carbocycles.